The molecule has 0 aromatic heterocycles. The molecule has 0 saturated carbocycles. The maximum absolute atomic E-state index is 12.3. The van der Waals surface area contributed by atoms with E-state index in [-0.39, 0.29) is 16.3 Å². The lowest BCUT2D eigenvalue weighted by Crippen LogP contribution is -2.30. The van der Waals surface area contributed by atoms with Gasteiger partial charge in [-0.05, 0) is 38.5 Å². The maximum Gasteiger partial charge on any atom is 0.414 e. The molecule has 1 unspecified atom stereocenters. The van der Waals surface area contributed by atoms with Crippen molar-refractivity contribution in [1.82, 2.24) is 0 Å². The van der Waals surface area contributed by atoms with Crippen LogP contribution in [0.2, 0.25) is 5.02 Å². The van der Waals surface area contributed by atoms with Gasteiger partial charge in [0.25, 0.3) is 0 Å². The van der Waals surface area contributed by atoms with Crippen LogP contribution in [0.5, 0.6) is 0 Å². The number of amides is 1. The zero-order valence-corrected chi connectivity index (χ0v) is 13.0. The van der Waals surface area contributed by atoms with Crippen molar-refractivity contribution in [1.29, 1.82) is 0 Å². The number of alkyl halides is 3. The number of rotatable bonds is 3. The van der Waals surface area contributed by atoms with Crippen molar-refractivity contribution in [3.63, 3.8) is 0 Å². The quantitative estimate of drug-likeness (QED) is 0.869. The average Bonchev–Trinajstić information content (AvgIpc) is 2.29. The van der Waals surface area contributed by atoms with Gasteiger partial charge in [0.05, 0.1) is 10.7 Å². The standard InChI is InChI=1S/C14H17ClF3NO3/c1-13(2,3)22-12(21)19-10-6-8(4-5-9(10)15)7-11(20)14(16,17)18/h4-6,11,20H,7H2,1-3H3,(H,19,21). The van der Waals surface area contributed by atoms with E-state index in [0.717, 1.165) is 0 Å². The van der Waals surface area contributed by atoms with Gasteiger partial charge in [0, 0.05) is 6.42 Å². The van der Waals surface area contributed by atoms with Crippen LogP contribution in [0.15, 0.2) is 18.2 Å². The van der Waals surface area contributed by atoms with Gasteiger partial charge in [0.2, 0.25) is 0 Å². The molecule has 22 heavy (non-hydrogen) atoms. The topological polar surface area (TPSA) is 58.6 Å². The lowest BCUT2D eigenvalue weighted by Gasteiger charge is -2.20. The lowest BCUT2D eigenvalue weighted by molar-refractivity contribution is -0.203. The number of nitrogens with one attached hydrogen (secondary N) is 1. The van der Waals surface area contributed by atoms with Crippen molar-refractivity contribution >= 4 is 23.4 Å². The summed E-state index contributed by atoms with van der Waals surface area (Å²) in [4.78, 5) is 11.7. The molecule has 0 radical (unpaired) electrons. The fourth-order valence-corrected chi connectivity index (χ4v) is 1.71. The normalized spacial score (nSPS) is 13.6. The zero-order chi connectivity index (χ0) is 17.1. The smallest absolute Gasteiger partial charge is 0.414 e. The number of hydrogen-bond donors (Lipinski definition) is 2. The van der Waals surface area contributed by atoms with Gasteiger partial charge >= 0.3 is 12.3 Å². The van der Waals surface area contributed by atoms with Crippen molar-refractivity contribution in [2.75, 3.05) is 5.32 Å². The number of aliphatic hydroxyl groups excluding tert-OH is 1. The van der Waals surface area contributed by atoms with Crippen LogP contribution < -0.4 is 5.32 Å². The molecule has 0 saturated heterocycles. The van der Waals surface area contributed by atoms with Crippen molar-refractivity contribution < 1.29 is 27.8 Å². The Kier molecular flexibility index (Phi) is 5.70. The van der Waals surface area contributed by atoms with E-state index in [0.29, 0.717) is 0 Å². The number of ether oxygens (including phenoxy) is 1. The third-order valence-corrected chi connectivity index (χ3v) is 2.80. The Labute approximate surface area is 131 Å². The van der Waals surface area contributed by atoms with Gasteiger partial charge in [0.15, 0.2) is 6.10 Å². The Morgan fingerprint density at radius 2 is 1.95 bits per heavy atom. The highest BCUT2D eigenvalue weighted by atomic mass is 35.5. The second-order valence-electron chi connectivity index (χ2n) is 5.70. The molecule has 1 aromatic rings. The van der Waals surface area contributed by atoms with Gasteiger partial charge in [0.1, 0.15) is 5.60 Å². The van der Waals surface area contributed by atoms with Crippen molar-refractivity contribution in [3.8, 4) is 0 Å². The maximum atomic E-state index is 12.3. The van der Waals surface area contributed by atoms with Crippen molar-refractivity contribution in [2.45, 2.75) is 45.1 Å². The number of benzene rings is 1. The Morgan fingerprint density at radius 3 is 2.45 bits per heavy atom. The molecule has 0 aliphatic heterocycles. The van der Waals surface area contributed by atoms with Gasteiger partial charge in [-0.1, -0.05) is 17.7 Å². The van der Waals surface area contributed by atoms with Gasteiger partial charge in [-0.2, -0.15) is 13.2 Å². The van der Waals surface area contributed by atoms with E-state index >= 15 is 0 Å². The van der Waals surface area contributed by atoms with E-state index in [1.54, 1.807) is 20.8 Å². The molecule has 1 rings (SSSR count). The summed E-state index contributed by atoms with van der Waals surface area (Å²) in [6.07, 6.45) is -8.60. The Hall–Kier alpha value is -1.47. The van der Waals surface area contributed by atoms with Gasteiger partial charge in [-0.15, -0.1) is 0 Å². The summed E-state index contributed by atoms with van der Waals surface area (Å²) in [5, 5.41) is 11.6. The monoisotopic (exact) mass is 339 g/mol. The molecule has 2 N–H and O–H groups in total. The molecule has 124 valence electrons. The third-order valence-electron chi connectivity index (χ3n) is 2.47. The Balaban J connectivity index is 2.84. The minimum absolute atomic E-state index is 0.114. The molecule has 8 heteroatoms. The first-order valence-corrected chi connectivity index (χ1v) is 6.79. The molecule has 1 atom stereocenters. The molecule has 0 spiro atoms. The molecule has 4 nitrogen and oxygen atoms in total. The van der Waals surface area contributed by atoms with Crippen LogP contribution in [0.4, 0.5) is 23.7 Å². The summed E-state index contributed by atoms with van der Waals surface area (Å²) in [6, 6.07) is 3.95. The second-order valence-corrected chi connectivity index (χ2v) is 6.11. The van der Waals surface area contributed by atoms with Crippen LogP contribution in [0, 0.1) is 0 Å². The van der Waals surface area contributed by atoms with Crippen molar-refractivity contribution in [3.05, 3.63) is 28.8 Å². The first kappa shape index (κ1) is 18.6. The summed E-state index contributed by atoms with van der Waals surface area (Å²) in [7, 11) is 0. The summed E-state index contributed by atoms with van der Waals surface area (Å²) in [5.41, 5.74) is -0.427. The first-order chi connectivity index (χ1) is 9.88. The molecule has 0 aliphatic rings. The summed E-state index contributed by atoms with van der Waals surface area (Å²) in [5.74, 6) is 0. The summed E-state index contributed by atoms with van der Waals surface area (Å²) in [6.45, 7) is 5.01. The number of halogens is 4. The van der Waals surface area contributed by atoms with Crippen molar-refractivity contribution in [2.24, 2.45) is 0 Å². The molecule has 0 bridgehead atoms. The van der Waals surface area contributed by atoms with E-state index < -0.39 is 30.4 Å². The molecular formula is C14H17ClF3NO3. The van der Waals surface area contributed by atoms with Gasteiger partial charge in [-0.25, -0.2) is 4.79 Å². The Morgan fingerprint density at radius 1 is 1.36 bits per heavy atom. The van der Waals surface area contributed by atoms with E-state index in [9.17, 15) is 18.0 Å². The van der Waals surface area contributed by atoms with Gasteiger partial charge in [-0.3, -0.25) is 5.32 Å². The summed E-state index contributed by atoms with van der Waals surface area (Å²) < 4.78 is 42.1. The van der Waals surface area contributed by atoms with E-state index in [2.05, 4.69) is 5.32 Å². The molecule has 0 aliphatic carbocycles. The first-order valence-electron chi connectivity index (χ1n) is 6.42. The highest BCUT2D eigenvalue weighted by molar-refractivity contribution is 6.33. The van der Waals surface area contributed by atoms with Crippen LogP contribution in [0.3, 0.4) is 0 Å². The van der Waals surface area contributed by atoms with Crippen LogP contribution in [-0.2, 0) is 11.2 Å². The van der Waals surface area contributed by atoms with E-state index in [4.69, 9.17) is 21.4 Å². The molecule has 1 aromatic carbocycles. The van der Waals surface area contributed by atoms with Crippen LogP contribution in [0.25, 0.3) is 0 Å². The largest absolute Gasteiger partial charge is 0.444 e. The number of hydrogen-bond acceptors (Lipinski definition) is 3. The number of carbonyl (C=O) groups excluding carboxylic acids is 1. The molecule has 0 heterocycles. The minimum atomic E-state index is -4.71. The van der Waals surface area contributed by atoms with Crippen LogP contribution in [-0.4, -0.2) is 29.1 Å². The van der Waals surface area contributed by atoms with Crippen LogP contribution in [0.1, 0.15) is 26.3 Å². The number of carbonyl (C=O) groups is 1. The Bertz CT molecular complexity index is 541. The molecular weight excluding hydrogens is 323 g/mol. The molecule has 1 amide bonds. The van der Waals surface area contributed by atoms with Gasteiger partial charge < -0.3 is 9.84 Å². The highest BCUT2D eigenvalue weighted by Crippen LogP contribution is 2.27. The molecule has 0 fully saturated rings. The fraction of sp³-hybridized carbons (Fsp3) is 0.500. The third kappa shape index (κ3) is 6.11. The summed E-state index contributed by atoms with van der Waals surface area (Å²) >= 11 is 5.88. The lowest BCUT2D eigenvalue weighted by atomic mass is 10.1. The van der Waals surface area contributed by atoms with E-state index in [1.165, 1.54) is 18.2 Å². The second kappa shape index (κ2) is 6.75. The predicted molar refractivity (Wildman–Crippen MR) is 77.1 cm³/mol. The average molecular weight is 340 g/mol. The predicted octanol–water partition coefficient (Wildman–Crippen LogP) is 4.15. The van der Waals surface area contributed by atoms with E-state index in [1.807, 2.05) is 0 Å². The number of aliphatic hydroxyl groups is 1. The minimum Gasteiger partial charge on any atom is -0.444 e. The zero-order valence-electron chi connectivity index (χ0n) is 12.3. The highest BCUT2D eigenvalue weighted by Gasteiger charge is 2.38. The SMILES string of the molecule is CC(C)(C)OC(=O)Nc1cc(CC(O)C(F)(F)F)ccc1Cl. The number of anilines is 1. The van der Waals surface area contributed by atoms with Crippen LogP contribution >= 0.6 is 11.6 Å². The fourth-order valence-electron chi connectivity index (χ4n) is 1.55.